The van der Waals surface area contributed by atoms with Gasteiger partial charge in [-0.1, -0.05) is 0 Å². The Morgan fingerprint density at radius 1 is 1.14 bits per heavy atom. The summed E-state index contributed by atoms with van der Waals surface area (Å²) in [6.45, 7) is 0.918. The topological polar surface area (TPSA) is 122 Å². The van der Waals surface area contributed by atoms with Crippen LogP contribution in [0.2, 0.25) is 0 Å². The van der Waals surface area contributed by atoms with Crippen LogP contribution in [0, 0.1) is 0 Å². The molecular weight excluding hydrogens is 398 g/mol. The third-order valence-corrected chi connectivity index (χ3v) is 6.96. The average Bonchev–Trinajstić information content (AvgIpc) is 3.38. The molecule has 29 heavy (non-hydrogen) atoms. The summed E-state index contributed by atoms with van der Waals surface area (Å²) >= 11 is 0. The van der Waals surface area contributed by atoms with Crippen molar-refractivity contribution in [3.8, 4) is 0 Å². The largest absolute Gasteiger partial charge is 0.377 e. The number of rotatable bonds is 5. The molecule has 2 aliphatic rings. The fraction of sp³-hybridized carbons (Fsp3) is 0.526. The van der Waals surface area contributed by atoms with Gasteiger partial charge >= 0.3 is 11.8 Å². The predicted octanol–water partition coefficient (Wildman–Crippen LogP) is 0.315. The number of amides is 3. The highest BCUT2D eigenvalue weighted by atomic mass is 32.2. The third kappa shape index (κ3) is 4.94. The lowest BCUT2D eigenvalue weighted by molar-refractivity contribution is -0.146. The van der Waals surface area contributed by atoms with Crippen LogP contribution in [0.3, 0.4) is 0 Å². The van der Waals surface area contributed by atoms with E-state index in [1.54, 1.807) is 0 Å². The van der Waals surface area contributed by atoms with E-state index in [9.17, 15) is 22.8 Å². The Hall–Kier alpha value is -2.46. The first-order valence-electron chi connectivity index (χ1n) is 9.60. The molecule has 0 bridgehead atoms. The van der Waals surface area contributed by atoms with Crippen LogP contribution >= 0.6 is 0 Å². The minimum Gasteiger partial charge on any atom is -0.377 e. The molecule has 0 spiro atoms. The van der Waals surface area contributed by atoms with Crippen LogP contribution in [0.4, 0.5) is 5.69 Å². The molecule has 1 aromatic rings. The molecule has 9 nitrogen and oxygen atoms in total. The number of carbonyl (C=O) groups is 3. The van der Waals surface area contributed by atoms with Gasteiger partial charge in [-0.3, -0.25) is 14.4 Å². The zero-order chi connectivity index (χ0) is 21.0. The van der Waals surface area contributed by atoms with Crippen LogP contribution in [0.5, 0.6) is 0 Å². The Kier molecular flexibility index (Phi) is 6.53. The van der Waals surface area contributed by atoms with Crippen molar-refractivity contribution in [2.45, 2.75) is 42.7 Å². The number of anilines is 1. The van der Waals surface area contributed by atoms with Gasteiger partial charge in [0.2, 0.25) is 5.91 Å². The number of nitrogens with one attached hydrogen (secondary N) is 2. The van der Waals surface area contributed by atoms with Crippen LogP contribution in [-0.4, -0.2) is 69.1 Å². The maximum absolute atomic E-state index is 12.5. The van der Waals surface area contributed by atoms with E-state index in [0.29, 0.717) is 31.7 Å². The minimum absolute atomic E-state index is 0.0764. The van der Waals surface area contributed by atoms with Gasteiger partial charge in [0.05, 0.1) is 16.8 Å². The second-order valence-electron chi connectivity index (χ2n) is 7.17. The third-order valence-electron chi connectivity index (χ3n) is 5.16. The Morgan fingerprint density at radius 3 is 2.48 bits per heavy atom. The zero-order valence-corrected chi connectivity index (χ0v) is 17.0. The van der Waals surface area contributed by atoms with Crippen LogP contribution in [0.1, 0.15) is 25.7 Å². The summed E-state index contributed by atoms with van der Waals surface area (Å²) in [5.74, 6) is -2.03. The summed E-state index contributed by atoms with van der Waals surface area (Å²) in [7, 11) is -2.01. The van der Waals surface area contributed by atoms with Crippen LogP contribution in [-0.2, 0) is 29.0 Å². The van der Waals surface area contributed by atoms with Crippen LogP contribution in [0.25, 0.3) is 0 Å². The van der Waals surface area contributed by atoms with Gasteiger partial charge in [-0.05, 0) is 49.9 Å². The molecule has 3 amide bonds. The van der Waals surface area contributed by atoms with Crippen molar-refractivity contribution in [3.05, 3.63) is 24.3 Å². The van der Waals surface area contributed by atoms with E-state index in [0.717, 1.165) is 12.8 Å². The first kappa shape index (κ1) is 21.3. The van der Waals surface area contributed by atoms with E-state index in [1.165, 1.54) is 36.2 Å². The number of likely N-dealkylation sites (N-methyl/N-ethyl adjacent to an activating group) is 1. The highest BCUT2D eigenvalue weighted by Crippen LogP contribution is 2.21. The molecule has 2 atom stereocenters. The Labute approximate surface area is 169 Å². The van der Waals surface area contributed by atoms with Crippen molar-refractivity contribution < 1.29 is 27.5 Å². The summed E-state index contributed by atoms with van der Waals surface area (Å²) in [5.41, 5.74) is 0.301. The van der Waals surface area contributed by atoms with Gasteiger partial charge in [-0.2, -0.15) is 0 Å². The summed E-state index contributed by atoms with van der Waals surface area (Å²) in [6, 6.07) is 5.02. The molecule has 2 aliphatic heterocycles. The van der Waals surface area contributed by atoms with Gasteiger partial charge < -0.3 is 20.3 Å². The van der Waals surface area contributed by atoms with Gasteiger partial charge in [0.15, 0.2) is 9.84 Å². The molecule has 158 valence electrons. The number of ether oxygens (including phenoxy) is 1. The Morgan fingerprint density at radius 2 is 1.86 bits per heavy atom. The summed E-state index contributed by atoms with van der Waals surface area (Å²) < 4.78 is 30.3. The lowest BCUT2D eigenvalue weighted by Crippen LogP contribution is -2.48. The van der Waals surface area contributed by atoms with Crippen molar-refractivity contribution in [3.63, 3.8) is 0 Å². The number of benzene rings is 1. The van der Waals surface area contributed by atoms with Crippen LogP contribution in [0.15, 0.2) is 29.2 Å². The SMILES string of the molecule is CNC(=O)[C@@H]1CCCN1C(=O)C(=O)Nc1ccc(S(=O)(=O)C[C@H]2CCCO2)cc1. The maximum Gasteiger partial charge on any atom is 0.313 e. The summed E-state index contributed by atoms with van der Waals surface area (Å²) in [5, 5.41) is 4.96. The van der Waals surface area contributed by atoms with E-state index in [1.807, 2.05) is 0 Å². The lowest BCUT2D eigenvalue weighted by atomic mass is 10.2. The van der Waals surface area contributed by atoms with Crippen molar-refractivity contribution in [2.75, 3.05) is 31.3 Å². The smallest absolute Gasteiger partial charge is 0.313 e. The molecule has 1 aromatic carbocycles. The summed E-state index contributed by atoms with van der Waals surface area (Å²) in [4.78, 5) is 38.0. The molecule has 2 fully saturated rings. The molecule has 0 unspecified atom stereocenters. The molecule has 2 heterocycles. The molecule has 0 saturated carbocycles. The first-order valence-corrected chi connectivity index (χ1v) is 11.2. The number of nitrogens with zero attached hydrogens (tertiary/aromatic N) is 1. The fourth-order valence-corrected chi connectivity index (χ4v) is 5.12. The molecule has 2 saturated heterocycles. The second-order valence-corrected chi connectivity index (χ2v) is 9.20. The normalized spacial score (nSPS) is 21.8. The Balaban J connectivity index is 1.62. The number of hydrogen-bond acceptors (Lipinski definition) is 6. The van der Waals surface area contributed by atoms with E-state index in [2.05, 4.69) is 10.6 Å². The highest BCUT2D eigenvalue weighted by Gasteiger charge is 2.36. The fourth-order valence-electron chi connectivity index (χ4n) is 3.63. The summed E-state index contributed by atoms with van der Waals surface area (Å²) in [6.07, 6.45) is 2.45. The molecule has 0 radical (unpaired) electrons. The van der Waals surface area contributed by atoms with Gasteiger partial charge in [0, 0.05) is 25.9 Å². The number of likely N-dealkylation sites (tertiary alicyclic amines) is 1. The van der Waals surface area contributed by atoms with Crippen molar-refractivity contribution in [1.82, 2.24) is 10.2 Å². The quantitative estimate of drug-likeness (QED) is 0.658. The van der Waals surface area contributed by atoms with E-state index >= 15 is 0 Å². The zero-order valence-electron chi connectivity index (χ0n) is 16.2. The van der Waals surface area contributed by atoms with Crippen molar-refractivity contribution in [2.24, 2.45) is 0 Å². The van der Waals surface area contributed by atoms with E-state index in [4.69, 9.17) is 4.74 Å². The molecular formula is C19H25N3O6S. The van der Waals surface area contributed by atoms with Crippen molar-refractivity contribution in [1.29, 1.82) is 0 Å². The first-order chi connectivity index (χ1) is 13.8. The van der Waals surface area contributed by atoms with Crippen molar-refractivity contribution >= 4 is 33.2 Å². The maximum atomic E-state index is 12.5. The molecule has 3 rings (SSSR count). The minimum atomic E-state index is -3.50. The molecule has 0 aromatic heterocycles. The highest BCUT2D eigenvalue weighted by molar-refractivity contribution is 7.91. The van der Waals surface area contributed by atoms with Gasteiger partial charge in [-0.25, -0.2) is 8.42 Å². The lowest BCUT2D eigenvalue weighted by Gasteiger charge is -2.22. The monoisotopic (exact) mass is 423 g/mol. The number of sulfone groups is 1. The van der Waals surface area contributed by atoms with Crippen LogP contribution < -0.4 is 10.6 Å². The van der Waals surface area contributed by atoms with Gasteiger partial charge in [0.25, 0.3) is 0 Å². The predicted molar refractivity (Wildman–Crippen MR) is 105 cm³/mol. The molecule has 2 N–H and O–H groups in total. The Bertz CT molecular complexity index is 878. The number of carbonyl (C=O) groups excluding carboxylic acids is 3. The van der Waals surface area contributed by atoms with E-state index < -0.39 is 27.7 Å². The molecule has 10 heteroatoms. The average molecular weight is 423 g/mol. The van der Waals surface area contributed by atoms with Gasteiger partial charge in [0.1, 0.15) is 6.04 Å². The van der Waals surface area contributed by atoms with E-state index in [-0.39, 0.29) is 22.7 Å². The molecule has 0 aliphatic carbocycles. The number of hydrogen-bond donors (Lipinski definition) is 2. The van der Waals surface area contributed by atoms with Gasteiger partial charge in [-0.15, -0.1) is 0 Å². The second kappa shape index (κ2) is 8.91. The standard InChI is InChI=1S/C19H25N3O6S/c1-20-17(23)16-5-2-10-22(16)19(25)18(24)21-13-6-8-15(9-7-13)29(26,27)12-14-4-3-11-28-14/h6-9,14,16H,2-5,10-12H2,1H3,(H,20,23)(H,21,24)/t14-,16+/m1/s1.